The molecule has 1 aromatic heterocycles. The first kappa shape index (κ1) is 35.5. The zero-order chi connectivity index (χ0) is 36.0. The molecule has 4 aliphatic rings. The molecule has 6 rings (SSSR count). The summed E-state index contributed by atoms with van der Waals surface area (Å²) in [6, 6.07) is 2.96. The smallest absolute Gasteiger partial charge is 0.271 e. The highest BCUT2D eigenvalue weighted by Gasteiger charge is 2.62. The first-order valence-electron chi connectivity index (χ1n) is 15.9. The van der Waals surface area contributed by atoms with E-state index in [1.165, 1.54) is 31.2 Å². The summed E-state index contributed by atoms with van der Waals surface area (Å²) in [5.41, 5.74) is -1.56. The second-order valence-electron chi connectivity index (χ2n) is 12.4. The van der Waals surface area contributed by atoms with Crippen molar-refractivity contribution in [2.24, 2.45) is 14.7 Å². The molecule has 3 heterocycles. The molecule has 3 amide bonds. The largest absolute Gasteiger partial charge is 0.494 e. The van der Waals surface area contributed by atoms with Crippen molar-refractivity contribution in [1.82, 2.24) is 25.2 Å². The number of hydrogen-bond donors (Lipinski definition) is 3. The fourth-order valence-corrected chi connectivity index (χ4v) is 8.20. The second-order valence-corrected chi connectivity index (χ2v) is 15.6. The Morgan fingerprint density at radius 2 is 2.00 bits per heavy atom. The van der Waals surface area contributed by atoms with E-state index in [4.69, 9.17) is 25.8 Å². The fourth-order valence-electron chi connectivity index (χ4n) is 6.06. The monoisotopic (exact) mass is 749 g/mol. The zero-order valence-corrected chi connectivity index (χ0v) is 29.8. The SMILES string of the molecule is C=C[C@@H]1C[C@]1(NC(=O)C1C[C@@H](Oc2ncc(OC)c3ccc(Cl)cc23)CN1C(=O)C(C)NC1=NS(=O)N=C1OCC)C(=O)NS(=O)(=O)C1CC1. The van der Waals surface area contributed by atoms with E-state index in [9.17, 15) is 27.0 Å². The van der Waals surface area contributed by atoms with Gasteiger partial charge >= 0.3 is 0 Å². The predicted molar refractivity (Wildman–Crippen MR) is 184 cm³/mol. The molecule has 3 fully saturated rings. The van der Waals surface area contributed by atoms with Crippen LogP contribution in [0.3, 0.4) is 0 Å². The summed E-state index contributed by atoms with van der Waals surface area (Å²) < 4.78 is 64.2. The maximum Gasteiger partial charge on any atom is 0.271 e. The van der Waals surface area contributed by atoms with Crippen LogP contribution in [0, 0.1) is 5.92 Å². The van der Waals surface area contributed by atoms with E-state index in [1.54, 1.807) is 25.1 Å². The third-order valence-electron chi connectivity index (χ3n) is 8.91. The Labute approximate surface area is 295 Å². The molecular weight excluding hydrogens is 714 g/mol. The van der Waals surface area contributed by atoms with Gasteiger partial charge in [0.25, 0.3) is 23.0 Å². The van der Waals surface area contributed by atoms with E-state index >= 15 is 0 Å². The van der Waals surface area contributed by atoms with Crippen LogP contribution in [0.4, 0.5) is 0 Å². The summed E-state index contributed by atoms with van der Waals surface area (Å²) in [5.74, 6) is -1.94. The molecule has 1 aromatic carbocycles. The van der Waals surface area contributed by atoms with Crippen LogP contribution in [0.1, 0.15) is 39.5 Å². The molecule has 268 valence electrons. The summed E-state index contributed by atoms with van der Waals surface area (Å²) in [4.78, 5) is 47.2. The number of amidine groups is 1. The first-order valence-corrected chi connectivity index (χ1v) is 18.9. The average Bonchev–Trinajstić information content (AvgIpc) is 3.98. The molecule has 1 saturated heterocycles. The van der Waals surface area contributed by atoms with E-state index < -0.39 is 73.8 Å². The van der Waals surface area contributed by atoms with Gasteiger partial charge in [-0.25, -0.2) is 17.6 Å². The van der Waals surface area contributed by atoms with Gasteiger partial charge < -0.3 is 29.7 Å². The van der Waals surface area contributed by atoms with Crippen LogP contribution in [0.25, 0.3) is 10.8 Å². The van der Waals surface area contributed by atoms with Gasteiger partial charge in [-0.3, -0.25) is 19.1 Å². The van der Waals surface area contributed by atoms with Crippen LogP contribution < -0.4 is 24.8 Å². The lowest BCUT2D eigenvalue weighted by Crippen LogP contribution is -2.58. The molecule has 0 bridgehead atoms. The van der Waals surface area contributed by atoms with Crippen molar-refractivity contribution in [3.8, 4) is 11.6 Å². The number of halogens is 1. The normalized spacial score (nSPS) is 26.4. The highest BCUT2D eigenvalue weighted by molar-refractivity contribution is 7.91. The minimum absolute atomic E-state index is 0.00644. The minimum atomic E-state index is -3.90. The summed E-state index contributed by atoms with van der Waals surface area (Å²) >= 11 is 4.36. The molecule has 50 heavy (non-hydrogen) atoms. The number of ether oxygens (including phenoxy) is 3. The Bertz CT molecular complexity index is 1950. The topological polar surface area (TPSA) is 207 Å². The van der Waals surface area contributed by atoms with Gasteiger partial charge in [0.1, 0.15) is 29.5 Å². The second kappa shape index (κ2) is 13.8. The molecule has 16 nitrogen and oxygen atoms in total. The van der Waals surface area contributed by atoms with Crippen molar-refractivity contribution >= 4 is 73.0 Å². The molecule has 2 saturated carbocycles. The van der Waals surface area contributed by atoms with E-state index in [0.717, 1.165) is 0 Å². The number of rotatable bonds is 12. The maximum atomic E-state index is 14.1. The third-order valence-corrected chi connectivity index (χ3v) is 11.6. The molecule has 19 heteroatoms. The Kier molecular flexibility index (Phi) is 9.80. The summed E-state index contributed by atoms with van der Waals surface area (Å²) in [5, 5.41) is 6.63. The van der Waals surface area contributed by atoms with E-state index in [1.807, 2.05) is 0 Å². The number of aromatic nitrogens is 1. The number of nitrogens with one attached hydrogen (secondary N) is 3. The number of hydrogen-bond acceptors (Lipinski definition) is 11. The highest BCUT2D eigenvalue weighted by atomic mass is 35.5. The summed E-state index contributed by atoms with van der Waals surface area (Å²) in [6.45, 7) is 7.14. The van der Waals surface area contributed by atoms with E-state index in [-0.39, 0.29) is 43.6 Å². The zero-order valence-electron chi connectivity index (χ0n) is 27.4. The standard InChI is InChI=1S/C31H36ClN7O9S2/c1-5-17-13-31(17,30(42)38-50(44,45)20-8-9-20)35-26(40)23-12-19(48-27-22-11-18(32)7-10-21(22)24(46-4)14-33-27)15-39(23)29(41)16(3)34-25-28(47-6-2)37-49(43)36-25/h5,7,10-11,14,16-17,19-20,23H,1,6,8-9,12-13,15H2,2-4H3,(H,34,36)(H,35,40)(H,38,42)/t16?,17-,19-,23?,31-,49?/m1/s1. The molecule has 3 unspecified atom stereocenters. The van der Waals surface area contributed by atoms with Crippen molar-refractivity contribution in [2.45, 2.75) is 68.5 Å². The first-order chi connectivity index (χ1) is 23.8. The number of benzene rings is 1. The van der Waals surface area contributed by atoms with Crippen molar-refractivity contribution < 1.29 is 41.2 Å². The van der Waals surface area contributed by atoms with Gasteiger partial charge in [-0.05, 0) is 51.3 Å². The van der Waals surface area contributed by atoms with Gasteiger partial charge in [-0.1, -0.05) is 17.7 Å². The van der Waals surface area contributed by atoms with Gasteiger partial charge in [0.15, 0.2) is 0 Å². The number of likely N-dealkylation sites (tertiary alicyclic amines) is 1. The Balaban J connectivity index is 1.26. The molecule has 2 aliphatic carbocycles. The molecular formula is C31H36ClN7O9S2. The molecule has 2 aromatic rings. The quantitative estimate of drug-likeness (QED) is 0.264. The van der Waals surface area contributed by atoms with Crippen molar-refractivity contribution in [3.05, 3.63) is 42.1 Å². The Hall–Kier alpha value is -4.29. The number of carbonyl (C=O) groups is 3. The maximum absolute atomic E-state index is 14.1. The van der Waals surface area contributed by atoms with Crippen LogP contribution in [0.2, 0.25) is 5.02 Å². The van der Waals surface area contributed by atoms with Gasteiger partial charge in [-0.15, -0.1) is 15.4 Å². The van der Waals surface area contributed by atoms with Crippen LogP contribution in [0.5, 0.6) is 11.6 Å². The highest BCUT2D eigenvalue weighted by Crippen LogP contribution is 2.45. The van der Waals surface area contributed by atoms with E-state index in [0.29, 0.717) is 34.4 Å². The minimum Gasteiger partial charge on any atom is -0.494 e. The van der Waals surface area contributed by atoms with Crippen LogP contribution in [0.15, 0.2) is 45.8 Å². The van der Waals surface area contributed by atoms with Gasteiger partial charge in [0, 0.05) is 28.1 Å². The number of fused-ring (bicyclic) bond motifs is 1. The van der Waals surface area contributed by atoms with Crippen molar-refractivity contribution in [3.63, 3.8) is 0 Å². The van der Waals surface area contributed by atoms with Crippen LogP contribution in [-0.4, -0.2) is 101 Å². The van der Waals surface area contributed by atoms with Crippen molar-refractivity contribution in [2.75, 3.05) is 20.3 Å². The number of amides is 3. The lowest BCUT2D eigenvalue weighted by molar-refractivity contribution is -0.140. The summed E-state index contributed by atoms with van der Waals surface area (Å²) in [6.07, 6.45) is 3.24. The lowest BCUT2D eigenvalue weighted by atomic mass is 10.1. The number of sulfonamides is 1. The average molecular weight is 750 g/mol. The number of pyridine rings is 1. The van der Waals surface area contributed by atoms with Gasteiger partial charge in [0.2, 0.25) is 33.6 Å². The number of nitrogens with zero attached hydrogens (tertiary/aromatic N) is 4. The summed E-state index contributed by atoms with van der Waals surface area (Å²) in [7, 11) is -2.39. The molecule has 0 spiro atoms. The molecule has 6 atom stereocenters. The van der Waals surface area contributed by atoms with Crippen LogP contribution >= 0.6 is 11.6 Å². The fraction of sp³-hybridized carbons (Fsp3) is 0.484. The number of carbonyl (C=O) groups excluding carboxylic acids is 3. The van der Waals surface area contributed by atoms with Gasteiger partial charge in [-0.2, -0.15) is 0 Å². The Morgan fingerprint density at radius 1 is 1.24 bits per heavy atom. The lowest BCUT2D eigenvalue weighted by Gasteiger charge is -2.28. The molecule has 0 radical (unpaired) electrons. The Morgan fingerprint density at radius 3 is 2.66 bits per heavy atom. The van der Waals surface area contributed by atoms with E-state index in [2.05, 4.69) is 35.7 Å². The predicted octanol–water partition coefficient (Wildman–Crippen LogP) is 1.32. The van der Waals surface area contributed by atoms with Crippen molar-refractivity contribution in [1.29, 1.82) is 0 Å². The number of methoxy groups -OCH3 is 1. The molecule has 3 N–H and O–H groups in total. The van der Waals surface area contributed by atoms with Crippen LogP contribution in [-0.2, 0) is 40.3 Å². The molecule has 2 aliphatic heterocycles. The van der Waals surface area contributed by atoms with Gasteiger partial charge in [0.05, 0.1) is 31.7 Å². The third kappa shape index (κ3) is 7.00.